The van der Waals surface area contributed by atoms with Crippen molar-refractivity contribution in [1.82, 2.24) is 10.2 Å². The number of thiophene rings is 1. The number of hydrogen-bond acceptors (Lipinski definition) is 4. The fourth-order valence-corrected chi connectivity index (χ4v) is 4.16. The zero-order chi connectivity index (χ0) is 16.0. The Bertz CT molecular complexity index is 578. The van der Waals surface area contributed by atoms with E-state index in [2.05, 4.69) is 12.2 Å². The minimum Gasteiger partial charge on any atom is -0.388 e. The van der Waals surface area contributed by atoms with Crippen molar-refractivity contribution in [2.75, 3.05) is 6.54 Å². The van der Waals surface area contributed by atoms with Gasteiger partial charge in [-0.25, -0.2) is 4.79 Å². The van der Waals surface area contributed by atoms with Gasteiger partial charge in [-0.3, -0.25) is 9.69 Å². The van der Waals surface area contributed by atoms with Crippen LogP contribution in [0.15, 0.2) is 17.5 Å². The molecule has 0 aromatic carbocycles. The van der Waals surface area contributed by atoms with Gasteiger partial charge in [-0.15, -0.1) is 11.3 Å². The van der Waals surface area contributed by atoms with Gasteiger partial charge in [0.2, 0.25) is 0 Å². The first-order valence-electron chi connectivity index (χ1n) is 7.74. The summed E-state index contributed by atoms with van der Waals surface area (Å²) in [5.74, 6) is 0.326. The molecule has 1 aliphatic carbocycles. The summed E-state index contributed by atoms with van der Waals surface area (Å²) in [4.78, 5) is 27.0. The van der Waals surface area contributed by atoms with Crippen LogP contribution < -0.4 is 5.32 Å². The van der Waals surface area contributed by atoms with Crippen molar-refractivity contribution in [3.05, 3.63) is 22.4 Å². The fourth-order valence-electron chi connectivity index (χ4n) is 3.32. The lowest BCUT2D eigenvalue weighted by Gasteiger charge is -2.36. The first kappa shape index (κ1) is 15.5. The molecule has 6 heteroatoms. The molecule has 1 aliphatic heterocycles. The molecule has 5 nitrogen and oxygen atoms in total. The van der Waals surface area contributed by atoms with E-state index in [1.54, 1.807) is 6.92 Å². The Kier molecular flexibility index (Phi) is 3.77. The molecule has 1 saturated heterocycles. The Morgan fingerprint density at radius 3 is 2.68 bits per heavy atom. The SMILES string of the molecule is CC1CCC(O)(CN2C(=O)NC(C)(c3cccs3)C2=O)CC1. The van der Waals surface area contributed by atoms with Crippen molar-refractivity contribution in [2.24, 2.45) is 5.92 Å². The van der Waals surface area contributed by atoms with Crippen LogP contribution in [-0.4, -0.2) is 34.1 Å². The Balaban J connectivity index is 1.78. The van der Waals surface area contributed by atoms with Gasteiger partial charge in [0.25, 0.3) is 5.91 Å². The van der Waals surface area contributed by atoms with Crippen molar-refractivity contribution in [3.63, 3.8) is 0 Å². The summed E-state index contributed by atoms with van der Waals surface area (Å²) in [6, 6.07) is 3.31. The average molecular weight is 322 g/mol. The molecule has 2 N–H and O–H groups in total. The highest BCUT2D eigenvalue weighted by atomic mass is 32.1. The summed E-state index contributed by atoms with van der Waals surface area (Å²) in [6.07, 6.45) is 3.15. The van der Waals surface area contributed by atoms with Gasteiger partial charge in [0, 0.05) is 4.88 Å². The minimum absolute atomic E-state index is 0.0886. The third-order valence-electron chi connectivity index (χ3n) is 4.95. The highest BCUT2D eigenvalue weighted by Gasteiger charge is 2.51. The molecule has 1 aromatic heterocycles. The van der Waals surface area contributed by atoms with Crippen LogP contribution in [0.25, 0.3) is 0 Å². The van der Waals surface area contributed by atoms with E-state index >= 15 is 0 Å². The quantitative estimate of drug-likeness (QED) is 0.840. The van der Waals surface area contributed by atoms with Gasteiger partial charge >= 0.3 is 6.03 Å². The van der Waals surface area contributed by atoms with Gasteiger partial charge in [0.15, 0.2) is 5.54 Å². The summed E-state index contributed by atoms with van der Waals surface area (Å²) < 4.78 is 0. The van der Waals surface area contributed by atoms with E-state index in [4.69, 9.17) is 0 Å². The molecule has 1 aromatic rings. The molecule has 0 radical (unpaired) electrons. The van der Waals surface area contributed by atoms with Gasteiger partial charge in [-0.1, -0.05) is 13.0 Å². The molecule has 0 spiro atoms. The predicted molar refractivity (Wildman–Crippen MR) is 84.5 cm³/mol. The number of amides is 3. The van der Waals surface area contributed by atoms with E-state index in [1.165, 1.54) is 16.2 Å². The van der Waals surface area contributed by atoms with Gasteiger partial charge in [-0.05, 0) is 50.0 Å². The summed E-state index contributed by atoms with van der Waals surface area (Å²) >= 11 is 1.45. The van der Waals surface area contributed by atoms with Crippen molar-refractivity contribution in [2.45, 2.75) is 50.7 Å². The second-order valence-electron chi connectivity index (χ2n) is 6.83. The van der Waals surface area contributed by atoms with Crippen molar-refractivity contribution >= 4 is 23.3 Å². The monoisotopic (exact) mass is 322 g/mol. The summed E-state index contributed by atoms with van der Waals surface area (Å²) in [6.45, 7) is 3.98. The molecular formula is C16H22N2O3S. The van der Waals surface area contributed by atoms with Crippen LogP contribution in [-0.2, 0) is 10.3 Å². The smallest absolute Gasteiger partial charge is 0.325 e. The number of urea groups is 1. The number of nitrogens with zero attached hydrogens (tertiary/aromatic N) is 1. The summed E-state index contributed by atoms with van der Waals surface area (Å²) in [5.41, 5.74) is -1.95. The molecule has 1 saturated carbocycles. The Morgan fingerprint density at radius 2 is 2.09 bits per heavy atom. The normalized spacial score (nSPS) is 35.8. The maximum Gasteiger partial charge on any atom is 0.325 e. The number of carbonyl (C=O) groups excluding carboxylic acids is 2. The molecule has 2 fully saturated rings. The third kappa shape index (κ3) is 2.54. The van der Waals surface area contributed by atoms with E-state index in [0.29, 0.717) is 18.8 Å². The predicted octanol–water partition coefficient (Wildman–Crippen LogP) is 2.46. The van der Waals surface area contributed by atoms with Gasteiger partial charge in [0.1, 0.15) is 0 Å². The van der Waals surface area contributed by atoms with E-state index in [0.717, 1.165) is 17.7 Å². The maximum absolute atomic E-state index is 12.8. The molecule has 120 valence electrons. The van der Waals surface area contributed by atoms with Crippen molar-refractivity contribution in [1.29, 1.82) is 0 Å². The molecule has 2 aliphatic rings. The lowest BCUT2D eigenvalue weighted by atomic mass is 9.79. The summed E-state index contributed by atoms with van der Waals surface area (Å²) in [7, 11) is 0. The molecule has 3 amide bonds. The first-order valence-corrected chi connectivity index (χ1v) is 8.62. The van der Waals surface area contributed by atoms with Gasteiger partial charge in [-0.2, -0.15) is 0 Å². The number of nitrogens with one attached hydrogen (secondary N) is 1. The minimum atomic E-state index is -1.01. The van der Waals surface area contributed by atoms with E-state index in [1.807, 2.05) is 17.5 Å². The van der Waals surface area contributed by atoms with Crippen LogP contribution >= 0.6 is 11.3 Å². The van der Waals surface area contributed by atoms with Crippen LogP contribution in [0.1, 0.15) is 44.4 Å². The van der Waals surface area contributed by atoms with E-state index in [9.17, 15) is 14.7 Å². The molecule has 1 unspecified atom stereocenters. The highest BCUT2D eigenvalue weighted by molar-refractivity contribution is 7.10. The van der Waals surface area contributed by atoms with Crippen LogP contribution in [0.2, 0.25) is 0 Å². The van der Waals surface area contributed by atoms with E-state index in [-0.39, 0.29) is 12.5 Å². The first-order chi connectivity index (χ1) is 10.3. The number of β-amino-alcohol motifs (C(OH)–C–C–N with tert-alkyl or cyclic N) is 1. The zero-order valence-corrected chi connectivity index (χ0v) is 13.8. The second-order valence-corrected chi connectivity index (χ2v) is 7.78. The van der Waals surface area contributed by atoms with Crippen LogP contribution in [0.4, 0.5) is 4.79 Å². The number of imide groups is 1. The van der Waals surface area contributed by atoms with Crippen molar-refractivity contribution < 1.29 is 14.7 Å². The summed E-state index contributed by atoms with van der Waals surface area (Å²) in [5, 5.41) is 15.4. The van der Waals surface area contributed by atoms with Crippen LogP contribution in [0, 0.1) is 5.92 Å². The Labute approximate surface area is 134 Å². The third-order valence-corrected chi connectivity index (χ3v) is 6.04. The zero-order valence-electron chi connectivity index (χ0n) is 13.0. The largest absolute Gasteiger partial charge is 0.388 e. The average Bonchev–Trinajstić information content (AvgIpc) is 3.08. The lowest BCUT2D eigenvalue weighted by Crippen LogP contribution is -2.48. The Hall–Kier alpha value is -1.40. The Morgan fingerprint density at radius 1 is 1.41 bits per heavy atom. The number of hydrogen-bond donors (Lipinski definition) is 2. The molecule has 22 heavy (non-hydrogen) atoms. The van der Waals surface area contributed by atoms with Crippen LogP contribution in [0.3, 0.4) is 0 Å². The second kappa shape index (κ2) is 5.35. The molecular weight excluding hydrogens is 300 g/mol. The number of carbonyl (C=O) groups is 2. The maximum atomic E-state index is 12.8. The van der Waals surface area contributed by atoms with Crippen LogP contribution in [0.5, 0.6) is 0 Å². The van der Waals surface area contributed by atoms with Gasteiger partial charge in [0.05, 0.1) is 12.1 Å². The lowest BCUT2D eigenvalue weighted by molar-refractivity contribution is -0.134. The fraction of sp³-hybridized carbons (Fsp3) is 0.625. The molecule has 3 rings (SSSR count). The number of rotatable bonds is 3. The topological polar surface area (TPSA) is 69.6 Å². The van der Waals surface area contributed by atoms with Gasteiger partial charge < -0.3 is 10.4 Å². The molecule has 1 atom stereocenters. The highest BCUT2D eigenvalue weighted by Crippen LogP contribution is 2.36. The van der Waals surface area contributed by atoms with Crippen molar-refractivity contribution in [3.8, 4) is 0 Å². The standard InChI is InChI=1S/C16H22N2O3S/c1-11-5-7-16(21,8-6-11)10-18-13(19)15(2,17-14(18)20)12-4-3-9-22-12/h3-4,9,11,21H,5-8,10H2,1-2H3,(H,17,20). The molecule has 0 bridgehead atoms. The van der Waals surface area contributed by atoms with E-state index < -0.39 is 17.2 Å². The molecule has 2 heterocycles. The number of aliphatic hydroxyl groups is 1.